The van der Waals surface area contributed by atoms with Gasteiger partial charge in [-0.05, 0) is 68.0 Å². The number of nitrogens with zero attached hydrogens (tertiary/aromatic N) is 2. The van der Waals surface area contributed by atoms with E-state index in [4.69, 9.17) is 0 Å². The SMILES string of the molecule is Cc1cc(/C=C2\C(=O)NC(=O)N(c3cccc(F)c3)C2=O)c(C)n1-c1cccc(Br)c1. The van der Waals surface area contributed by atoms with Crippen LogP contribution in [0, 0.1) is 19.7 Å². The Bertz CT molecular complexity index is 1280. The average Bonchev–Trinajstić information content (AvgIpc) is 2.98. The molecular weight excluding hydrogens is 465 g/mol. The molecule has 4 amide bonds. The fourth-order valence-corrected chi connectivity index (χ4v) is 4.00. The minimum absolute atomic E-state index is 0.0421. The van der Waals surface area contributed by atoms with Gasteiger partial charge in [0.15, 0.2) is 0 Å². The molecular formula is C23H17BrFN3O3. The lowest BCUT2D eigenvalue weighted by Gasteiger charge is -2.26. The third-order valence-electron chi connectivity index (χ3n) is 5.00. The van der Waals surface area contributed by atoms with Crippen LogP contribution < -0.4 is 10.2 Å². The van der Waals surface area contributed by atoms with Gasteiger partial charge in [0, 0.05) is 21.5 Å². The highest BCUT2D eigenvalue weighted by Crippen LogP contribution is 2.27. The van der Waals surface area contributed by atoms with Crippen molar-refractivity contribution in [3.05, 3.63) is 87.4 Å². The predicted molar refractivity (Wildman–Crippen MR) is 118 cm³/mol. The number of aryl methyl sites for hydroxylation is 1. The molecule has 3 aromatic rings. The summed E-state index contributed by atoms with van der Waals surface area (Å²) in [7, 11) is 0. The number of hydrogen-bond acceptors (Lipinski definition) is 3. The van der Waals surface area contributed by atoms with Crippen molar-refractivity contribution in [3.63, 3.8) is 0 Å². The normalized spacial score (nSPS) is 15.5. The lowest BCUT2D eigenvalue weighted by Crippen LogP contribution is -2.54. The molecule has 156 valence electrons. The molecule has 2 heterocycles. The number of imide groups is 2. The summed E-state index contributed by atoms with van der Waals surface area (Å²) in [6.45, 7) is 3.79. The van der Waals surface area contributed by atoms with E-state index >= 15 is 0 Å². The maximum absolute atomic E-state index is 13.6. The number of carbonyl (C=O) groups is 3. The van der Waals surface area contributed by atoms with Crippen molar-refractivity contribution in [1.29, 1.82) is 0 Å². The molecule has 1 saturated heterocycles. The van der Waals surface area contributed by atoms with Gasteiger partial charge >= 0.3 is 6.03 Å². The van der Waals surface area contributed by atoms with Crippen molar-refractivity contribution in [2.75, 3.05) is 4.90 Å². The van der Waals surface area contributed by atoms with Crippen LogP contribution in [0.2, 0.25) is 0 Å². The highest BCUT2D eigenvalue weighted by molar-refractivity contribution is 9.10. The summed E-state index contributed by atoms with van der Waals surface area (Å²) in [5, 5.41) is 2.15. The number of urea groups is 1. The Kier molecular flexibility index (Phi) is 5.32. The first-order valence-electron chi connectivity index (χ1n) is 9.38. The lowest BCUT2D eigenvalue weighted by atomic mass is 10.1. The van der Waals surface area contributed by atoms with Crippen LogP contribution in [0.1, 0.15) is 17.0 Å². The van der Waals surface area contributed by atoms with Gasteiger partial charge in [0.05, 0.1) is 5.69 Å². The summed E-state index contributed by atoms with van der Waals surface area (Å²) in [5.41, 5.74) is 3.13. The average molecular weight is 482 g/mol. The van der Waals surface area contributed by atoms with Crippen LogP contribution in [0.3, 0.4) is 0 Å². The van der Waals surface area contributed by atoms with E-state index in [1.165, 1.54) is 24.3 Å². The number of aromatic nitrogens is 1. The van der Waals surface area contributed by atoms with Crippen molar-refractivity contribution in [2.45, 2.75) is 13.8 Å². The van der Waals surface area contributed by atoms with Crippen LogP contribution in [0.25, 0.3) is 11.8 Å². The zero-order chi connectivity index (χ0) is 22.3. The summed E-state index contributed by atoms with van der Waals surface area (Å²) in [6, 6.07) is 13.7. The Balaban J connectivity index is 1.77. The van der Waals surface area contributed by atoms with E-state index in [0.29, 0.717) is 5.56 Å². The molecule has 0 atom stereocenters. The van der Waals surface area contributed by atoms with Crippen LogP contribution in [-0.4, -0.2) is 22.4 Å². The van der Waals surface area contributed by atoms with Crippen LogP contribution in [-0.2, 0) is 9.59 Å². The first-order valence-corrected chi connectivity index (χ1v) is 10.2. The van der Waals surface area contributed by atoms with Gasteiger partial charge in [-0.1, -0.05) is 28.1 Å². The highest BCUT2D eigenvalue weighted by atomic mass is 79.9. The van der Waals surface area contributed by atoms with Gasteiger partial charge < -0.3 is 4.57 Å². The first kappa shape index (κ1) is 20.7. The summed E-state index contributed by atoms with van der Waals surface area (Å²) >= 11 is 3.46. The molecule has 31 heavy (non-hydrogen) atoms. The first-order chi connectivity index (χ1) is 14.8. The number of rotatable bonds is 3. The smallest absolute Gasteiger partial charge is 0.318 e. The Hall–Kier alpha value is -3.52. The van der Waals surface area contributed by atoms with E-state index in [-0.39, 0.29) is 11.3 Å². The van der Waals surface area contributed by atoms with E-state index in [9.17, 15) is 18.8 Å². The number of hydrogen-bond donors (Lipinski definition) is 1. The van der Waals surface area contributed by atoms with Crippen LogP contribution in [0.15, 0.2) is 64.6 Å². The number of barbiturate groups is 1. The second-order valence-electron chi connectivity index (χ2n) is 7.08. The molecule has 0 unspecified atom stereocenters. The van der Waals surface area contributed by atoms with E-state index in [1.54, 1.807) is 0 Å². The number of amides is 4. The second kappa shape index (κ2) is 7.96. The fraction of sp³-hybridized carbons (Fsp3) is 0.0870. The second-order valence-corrected chi connectivity index (χ2v) is 8.00. The molecule has 0 spiro atoms. The monoisotopic (exact) mass is 481 g/mol. The van der Waals surface area contributed by atoms with Gasteiger partial charge in [-0.3, -0.25) is 14.9 Å². The Morgan fingerprint density at radius 1 is 0.968 bits per heavy atom. The maximum Gasteiger partial charge on any atom is 0.335 e. The molecule has 0 radical (unpaired) electrons. The number of nitrogens with one attached hydrogen (secondary N) is 1. The molecule has 1 aliphatic heterocycles. The van der Waals surface area contributed by atoms with E-state index < -0.39 is 23.7 Å². The molecule has 0 saturated carbocycles. The minimum atomic E-state index is -0.919. The quantitative estimate of drug-likeness (QED) is 0.436. The van der Waals surface area contributed by atoms with Crippen molar-refractivity contribution in [2.24, 2.45) is 0 Å². The van der Waals surface area contributed by atoms with Gasteiger partial charge in [0.1, 0.15) is 11.4 Å². The van der Waals surface area contributed by atoms with Crippen molar-refractivity contribution in [3.8, 4) is 5.69 Å². The largest absolute Gasteiger partial charge is 0.335 e. The third kappa shape index (κ3) is 3.82. The molecule has 4 rings (SSSR count). The standard InChI is InChI=1S/C23H17BrFN3O3/c1-13-9-15(14(2)27(13)18-7-3-5-16(24)11-18)10-20-21(29)26-23(31)28(22(20)30)19-8-4-6-17(25)12-19/h3-12H,1-2H3,(H,26,29,31)/b20-10+. The summed E-state index contributed by atoms with van der Waals surface area (Å²) in [4.78, 5) is 38.5. The zero-order valence-electron chi connectivity index (χ0n) is 16.6. The van der Waals surface area contributed by atoms with Crippen molar-refractivity contribution in [1.82, 2.24) is 9.88 Å². The van der Waals surface area contributed by atoms with Crippen LogP contribution >= 0.6 is 15.9 Å². The van der Waals surface area contributed by atoms with E-state index in [2.05, 4.69) is 21.2 Å². The molecule has 1 N–H and O–H groups in total. The topological polar surface area (TPSA) is 71.4 Å². The Morgan fingerprint density at radius 2 is 1.68 bits per heavy atom. The molecule has 0 bridgehead atoms. The van der Waals surface area contributed by atoms with Gasteiger partial charge in [0.25, 0.3) is 11.8 Å². The lowest BCUT2D eigenvalue weighted by molar-refractivity contribution is -0.122. The van der Waals surface area contributed by atoms with Gasteiger partial charge in [-0.25, -0.2) is 14.1 Å². The van der Waals surface area contributed by atoms with Crippen molar-refractivity contribution < 1.29 is 18.8 Å². The number of anilines is 1. The van der Waals surface area contributed by atoms with Gasteiger partial charge in [-0.15, -0.1) is 0 Å². The number of benzene rings is 2. The van der Waals surface area contributed by atoms with Crippen molar-refractivity contribution >= 4 is 45.5 Å². The maximum atomic E-state index is 13.6. The molecule has 1 fully saturated rings. The van der Waals surface area contributed by atoms with Gasteiger partial charge in [-0.2, -0.15) is 0 Å². The Labute approximate surface area is 186 Å². The molecule has 2 aromatic carbocycles. The molecule has 6 nitrogen and oxygen atoms in total. The molecule has 0 aliphatic carbocycles. The van der Waals surface area contributed by atoms with E-state index in [0.717, 1.165) is 32.5 Å². The van der Waals surface area contributed by atoms with Crippen LogP contribution in [0.5, 0.6) is 0 Å². The zero-order valence-corrected chi connectivity index (χ0v) is 18.2. The number of carbonyl (C=O) groups excluding carboxylic acids is 3. The minimum Gasteiger partial charge on any atom is -0.318 e. The predicted octanol–water partition coefficient (Wildman–Crippen LogP) is 4.66. The van der Waals surface area contributed by atoms with Crippen LogP contribution in [0.4, 0.5) is 14.9 Å². The molecule has 1 aliphatic rings. The fourth-order valence-electron chi connectivity index (χ4n) is 3.61. The summed E-state index contributed by atoms with van der Waals surface area (Å²) in [5.74, 6) is -2.21. The Morgan fingerprint density at radius 3 is 2.39 bits per heavy atom. The molecule has 1 aromatic heterocycles. The number of halogens is 2. The summed E-state index contributed by atoms with van der Waals surface area (Å²) < 4.78 is 16.5. The summed E-state index contributed by atoms with van der Waals surface area (Å²) in [6.07, 6.45) is 1.45. The molecule has 8 heteroatoms. The highest BCUT2D eigenvalue weighted by Gasteiger charge is 2.37. The van der Waals surface area contributed by atoms with E-state index in [1.807, 2.05) is 48.7 Å². The third-order valence-corrected chi connectivity index (χ3v) is 5.50. The van der Waals surface area contributed by atoms with Gasteiger partial charge in [0.2, 0.25) is 0 Å².